The minimum atomic E-state index is -4.01. The van der Waals surface area contributed by atoms with Crippen molar-refractivity contribution in [1.82, 2.24) is 4.72 Å². The molecule has 0 spiro atoms. The van der Waals surface area contributed by atoms with Crippen LogP contribution in [-0.2, 0) is 14.8 Å². The van der Waals surface area contributed by atoms with E-state index in [1.165, 1.54) is 0 Å². The molecule has 6 nitrogen and oxygen atoms in total. The number of hydrogen-bond donors (Lipinski definition) is 2. The molecule has 0 bridgehead atoms. The van der Waals surface area contributed by atoms with Gasteiger partial charge in [0, 0.05) is 31.0 Å². The van der Waals surface area contributed by atoms with Crippen molar-refractivity contribution in [2.45, 2.75) is 30.7 Å². The van der Waals surface area contributed by atoms with E-state index in [9.17, 15) is 26.4 Å². The van der Waals surface area contributed by atoms with Crippen molar-refractivity contribution >= 4 is 21.6 Å². The van der Waals surface area contributed by atoms with Crippen molar-refractivity contribution in [2.24, 2.45) is 5.92 Å². The second kappa shape index (κ2) is 9.15. The second-order valence-electron chi connectivity index (χ2n) is 7.08. The van der Waals surface area contributed by atoms with Gasteiger partial charge in [0.25, 0.3) is 5.91 Å². The average molecular weight is 442 g/mol. The third-order valence-electron chi connectivity index (χ3n) is 4.98. The summed E-state index contributed by atoms with van der Waals surface area (Å²) in [6, 6.07) is 5.11. The average Bonchev–Trinajstić information content (AvgIpc) is 2.71. The first-order valence-corrected chi connectivity index (χ1v) is 10.8. The summed E-state index contributed by atoms with van der Waals surface area (Å²) in [7, 11) is -4.01. The minimum Gasteiger partial charge on any atom is -0.381 e. The van der Waals surface area contributed by atoms with Crippen LogP contribution >= 0.6 is 0 Å². The normalized spacial score (nSPS) is 16.3. The van der Waals surface area contributed by atoms with Gasteiger partial charge in [-0.2, -0.15) is 0 Å². The van der Waals surface area contributed by atoms with E-state index < -0.39 is 38.9 Å². The Balaban J connectivity index is 1.79. The van der Waals surface area contributed by atoms with Gasteiger partial charge < -0.3 is 10.1 Å². The number of hydrogen-bond acceptors (Lipinski definition) is 4. The van der Waals surface area contributed by atoms with Gasteiger partial charge in [0.2, 0.25) is 10.0 Å². The third-order valence-corrected chi connectivity index (χ3v) is 6.54. The zero-order valence-electron chi connectivity index (χ0n) is 16.1. The summed E-state index contributed by atoms with van der Waals surface area (Å²) < 4.78 is 73.8. The Kier molecular flexibility index (Phi) is 6.79. The molecule has 162 valence electrons. The van der Waals surface area contributed by atoms with Crippen LogP contribution in [0.25, 0.3) is 0 Å². The van der Waals surface area contributed by atoms with E-state index in [4.69, 9.17) is 4.74 Å². The molecule has 1 heterocycles. The van der Waals surface area contributed by atoms with E-state index >= 15 is 0 Å². The largest absolute Gasteiger partial charge is 0.381 e. The van der Waals surface area contributed by atoms with Crippen molar-refractivity contribution in [3.8, 4) is 0 Å². The number of carbonyl (C=O) groups is 1. The number of carbonyl (C=O) groups excluding carboxylic acids is 1. The molecule has 1 saturated heterocycles. The molecule has 0 aliphatic carbocycles. The van der Waals surface area contributed by atoms with Crippen molar-refractivity contribution in [2.75, 3.05) is 18.5 Å². The molecule has 0 aromatic heterocycles. The lowest BCUT2D eigenvalue weighted by molar-refractivity contribution is 0.0585. The first-order chi connectivity index (χ1) is 14.2. The summed E-state index contributed by atoms with van der Waals surface area (Å²) in [5.74, 6) is -4.13. The first kappa shape index (κ1) is 22.3. The van der Waals surface area contributed by atoms with Gasteiger partial charge in [0.15, 0.2) is 11.6 Å². The lowest BCUT2D eigenvalue weighted by atomic mass is 9.94. The summed E-state index contributed by atoms with van der Waals surface area (Å²) in [6.07, 6.45) is 1.43. The van der Waals surface area contributed by atoms with E-state index in [1.807, 2.05) is 0 Å². The molecule has 1 amide bonds. The number of halogens is 3. The highest BCUT2D eigenvalue weighted by Gasteiger charge is 2.26. The monoisotopic (exact) mass is 442 g/mol. The number of sulfonamides is 1. The molecule has 10 heteroatoms. The van der Waals surface area contributed by atoms with Gasteiger partial charge in [0.05, 0.1) is 10.5 Å². The molecular formula is C20H21F3N2O4S. The first-order valence-electron chi connectivity index (χ1n) is 9.33. The predicted octanol–water partition coefficient (Wildman–Crippen LogP) is 3.45. The topological polar surface area (TPSA) is 84.5 Å². The Bertz CT molecular complexity index is 1040. The maximum Gasteiger partial charge on any atom is 0.258 e. The Morgan fingerprint density at radius 1 is 1.03 bits per heavy atom. The van der Waals surface area contributed by atoms with Crippen LogP contribution in [-0.4, -0.2) is 33.6 Å². The predicted molar refractivity (Wildman–Crippen MR) is 104 cm³/mol. The van der Waals surface area contributed by atoms with Gasteiger partial charge in [-0.25, -0.2) is 26.3 Å². The number of amides is 1. The standard InChI is InChI=1S/C20H21F3N2O4S/c1-12(13-6-8-29-9-7-13)25-30(27,28)15-3-5-17(21)16(11-15)20(26)24-14-2-4-18(22)19(23)10-14/h2-5,10-13,25H,6-9H2,1H3,(H,24,26)/t12-/m1/s1. The fourth-order valence-corrected chi connectivity index (χ4v) is 4.58. The van der Waals surface area contributed by atoms with Crippen LogP contribution in [0.5, 0.6) is 0 Å². The molecule has 30 heavy (non-hydrogen) atoms. The van der Waals surface area contributed by atoms with Crippen molar-refractivity contribution < 1.29 is 31.1 Å². The van der Waals surface area contributed by atoms with Crippen LogP contribution in [0.3, 0.4) is 0 Å². The molecule has 1 aliphatic rings. The Morgan fingerprint density at radius 3 is 2.37 bits per heavy atom. The SMILES string of the molecule is C[C@@H](NS(=O)(=O)c1ccc(F)c(C(=O)Nc2ccc(F)c(F)c2)c1)C1CCOCC1. The van der Waals surface area contributed by atoms with Crippen molar-refractivity contribution in [3.63, 3.8) is 0 Å². The molecule has 0 unspecified atom stereocenters. The van der Waals surface area contributed by atoms with Gasteiger partial charge in [0.1, 0.15) is 5.82 Å². The van der Waals surface area contributed by atoms with E-state index in [1.54, 1.807) is 6.92 Å². The van der Waals surface area contributed by atoms with Gasteiger partial charge in [-0.05, 0) is 56.0 Å². The molecule has 0 saturated carbocycles. The zero-order valence-corrected chi connectivity index (χ0v) is 16.9. The van der Waals surface area contributed by atoms with Gasteiger partial charge in [-0.15, -0.1) is 0 Å². The Hall–Kier alpha value is -2.43. The van der Waals surface area contributed by atoms with Crippen LogP contribution < -0.4 is 10.0 Å². The highest BCUT2D eigenvalue weighted by molar-refractivity contribution is 7.89. The van der Waals surface area contributed by atoms with Gasteiger partial charge >= 0.3 is 0 Å². The fraction of sp³-hybridized carbons (Fsp3) is 0.350. The zero-order chi connectivity index (χ0) is 21.9. The lowest BCUT2D eigenvalue weighted by Gasteiger charge is -2.28. The van der Waals surface area contributed by atoms with Gasteiger partial charge in [-0.1, -0.05) is 0 Å². The molecule has 1 fully saturated rings. The molecule has 2 aromatic carbocycles. The van der Waals surface area contributed by atoms with E-state index in [2.05, 4.69) is 10.0 Å². The lowest BCUT2D eigenvalue weighted by Crippen LogP contribution is -2.40. The number of anilines is 1. The van der Waals surface area contributed by atoms with Crippen LogP contribution in [0.1, 0.15) is 30.1 Å². The molecule has 2 N–H and O–H groups in total. The fourth-order valence-electron chi connectivity index (χ4n) is 3.24. The molecular weight excluding hydrogens is 421 g/mol. The van der Waals surface area contributed by atoms with E-state index in [-0.39, 0.29) is 22.5 Å². The Morgan fingerprint density at radius 2 is 1.70 bits per heavy atom. The number of benzene rings is 2. The molecule has 1 aliphatic heterocycles. The van der Waals surface area contributed by atoms with Crippen LogP contribution in [0.2, 0.25) is 0 Å². The van der Waals surface area contributed by atoms with Crippen LogP contribution in [0.4, 0.5) is 18.9 Å². The maximum absolute atomic E-state index is 14.2. The van der Waals surface area contributed by atoms with Crippen molar-refractivity contribution in [1.29, 1.82) is 0 Å². The summed E-state index contributed by atoms with van der Waals surface area (Å²) in [5, 5.41) is 2.22. The number of rotatable bonds is 6. The van der Waals surface area contributed by atoms with Crippen molar-refractivity contribution in [3.05, 3.63) is 59.4 Å². The number of nitrogens with one attached hydrogen (secondary N) is 2. The Labute approximate surface area is 172 Å². The summed E-state index contributed by atoms with van der Waals surface area (Å²) >= 11 is 0. The van der Waals surface area contributed by atoms with Gasteiger partial charge in [-0.3, -0.25) is 4.79 Å². The highest BCUT2D eigenvalue weighted by Crippen LogP contribution is 2.22. The quantitative estimate of drug-likeness (QED) is 0.718. The third kappa shape index (κ3) is 5.18. The minimum absolute atomic E-state index is 0.0992. The summed E-state index contributed by atoms with van der Waals surface area (Å²) in [4.78, 5) is 12.1. The number of ether oxygens (including phenoxy) is 1. The maximum atomic E-state index is 14.2. The van der Waals surface area contributed by atoms with Crippen LogP contribution in [0.15, 0.2) is 41.3 Å². The smallest absolute Gasteiger partial charge is 0.258 e. The molecule has 1 atom stereocenters. The summed E-state index contributed by atoms with van der Waals surface area (Å²) in [6.45, 7) is 2.86. The molecule has 0 radical (unpaired) electrons. The summed E-state index contributed by atoms with van der Waals surface area (Å²) in [5.41, 5.74) is -0.640. The molecule has 2 aromatic rings. The molecule has 3 rings (SSSR count). The van der Waals surface area contributed by atoms with E-state index in [0.717, 1.165) is 49.2 Å². The second-order valence-corrected chi connectivity index (χ2v) is 8.80. The van der Waals surface area contributed by atoms with Crippen LogP contribution in [0, 0.1) is 23.4 Å². The van der Waals surface area contributed by atoms with E-state index in [0.29, 0.717) is 13.2 Å². The highest BCUT2D eigenvalue weighted by atomic mass is 32.2.